The van der Waals surface area contributed by atoms with Crippen LogP contribution in [0.3, 0.4) is 0 Å². The smallest absolute Gasteiger partial charge is 0.268 e. The lowest BCUT2D eigenvalue weighted by atomic mass is 10.0. The molecule has 0 saturated carbocycles. The summed E-state index contributed by atoms with van der Waals surface area (Å²) >= 11 is 0. The van der Waals surface area contributed by atoms with E-state index in [1.807, 2.05) is 27.2 Å². The monoisotopic (exact) mass is 971 g/mol. The second-order valence-electron chi connectivity index (χ2n) is 19.9. The summed E-state index contributed by atoms with van der Waals surface area (Å²) in [4.78, 5) is 25.4. The number of aliphatic hydroxyl groups excluding tert-OH is 1. The molecule has 0 aromatic carbocycles. The zero-order chi connectivity index (χ0) is 49.9. The number of nitrogens with zero attached hydrogens (tertiary/aromatic N) is 1. The van der Waals surface area contributed by atoms with Crippen LogP contribution in [0.1, 0.15) is 232 Å². The van der Waals surface area contributed by atoms with Gasteiger partial charge in [-0.3, -0.25) is 9.36 Å². The Kier molecular flexibility index (Phi) is 48.0. The Labute approximate surface area is 420 Å². The number of unbranched alkanes of at least 4 members (excludes halogenated alkanes) is 25. The number of quaternary nitrogens is 1. The molecule has 0 spiro atoms. The van der Waals surface area contributed by atoms with Crippen molar-refractivity contribution >= 4 is 13.7 Å². The average molecular weight is 971 g/mol. The molecule has 0 aromatic heterocycles. The van der Waals surface area contributed by atoms with Crippen molar-refractivity contribution < 1.29 is 32.9 Å². The van der Waals surface area contributed by atoms with Gasteiger partial charge in [-0.1, -0.05) is 227 Å². The van der Waals surface area contributed by atoms with E-state index in [1.165, 1.54) is 135 Å². The van der Waals surface area contributed by atoms with E-state index >= 15 is 0 Å². The first-order valence-corrected chi connectivity index (χ1v) is 29.4. The molecule has 3 atom stereocenters. The molecule has 0 radical (unpaired) electrons. The van der Waals surface area contributed by atoms with Gasteiger partial charge in [-0.15, -0.1) is 0 Å². The molecule has 68 heavy (non-hydrogen) atoms. The maximum Gasteiger partial charge on any atom is 0.268 e. The van der Waals surface area contributed by atoms with E-state index < -0.39 is 26.6 Å². The molecule has 9 heteroatoms. The van der Waals surface area contributed by atoms with Gasteiger partial charge in [-0.2, -0.15) is 0 Å². The Hall–Kier alpha value is -2.32. The minimum Gasteiger partial charge on any atom is -0.756 e. The molecule has 1 amide bonds. The molecule has 394 valence electrons. The van der Waals surface area contributed by atoms with Gasteiger partial charge in [-0.25, -0.2) is 0 Å². The van der Waals surface area contributed by atoms with Gasteiger partial charge in [0.15, 0.2) is 0 Å². The summed E-state index contributed by atoms with van der Waals surface area (Å²) in [5.41, 5.74) is 0. The van der Waals surface area contributed by atoms with Crippen molar-refractivity contribution in [3.05, 3.63) is 85.1 Å². The predicted molar refractivity (Wildman–Crippen MR) is 293 cm³/mol. The lowest BCUT2D eigenvalue weighted by molar-refractivity contribution is -0.870. The van der Waals surface area contributed by atoms with Crippen LogP contribution >= 0.6 is 7.82 Å². The topological polar surface area (TPSA) is 108 Å². The van der Waals surface area contributed by atoms with E-state index in [0.717, 1.165) is 77.0 Å². The number of rotatable bonds is 50. The molecule has 0 fully saturated rings. The third-order valence-corrected chi connectivity index (χ3v) is 13.0. The van der Waals surface area contributed by atoms with Crippen LogP contribution in [0.15, 0.2) is 85.1 Å². The van der Waals surface area contributed by atoms with Crippen molar-refractivity contribution in [2.75, 3.05) is 40.9 Å². The summed E-state index contributed by atoms with van der Waals surface area (Å²) in [5, 5.41) is 13.8. The molecule has 0 aliphatic heterocycles. The predicted octanol–water partition coefficient (Wildman–Crippen LogP) is 16.2. The largest absolute Gasteiger partial charge is 0.756 e. The summed E-state index contributed by atoms with van der Waals surface area (Å²) < 4.78 is 23.2. The number of likely N-dealkylation sites (N-methyl/N-ethyl adjacent to an activating group) is 1. The van der Waals surface area contributed by atoms with Gasteiger partial charge in [0.2, 0.25) is 5.91 Å². The van der Waals surface area contributed by atoms with Crippen LogP contribution in [0.25, 0.3) is 0 Å². The minimum atomic E-state index is -4.61. The highest BCUT2D eigenvalue weighted by molar-refractivity contribution is 7.45. The Bertz CT molecular complexity index is 1380. The zero-order valence-electron chi connectivity index (χ0n) is 44.8. The summed E-state index contributed by atoms with van der Waals surface area (Å²) in [6, 6.07) is -0.911. The summed E-state index contributed by atoms with van der Waals surface area (Å²) in [6.45, 7) is 4.47. The van der Waals surface area contributed by atoms with Crippen LogP contribution in [0.5, 0.6) is 0 Å². The molecule has 0 heterocycles. The van der Waals surface area contributed by atoms with Crippen molar-refractivity contribution in [1.82, 2.24) is 5.32 Å². The molecule has 0 aromatic rings. The number of hydrogen-bond acceptors (Lipinski definition) is 6. The number of hydrogen-bond donors (Lipinski definition) is 2. The minimum absolute atomic E-state index is 0.0109. The summed E-state index contributed by atoms with van der Waals surface area (Å²) in [6.07, 6.45) is 69.6. The number of phosphoric acid groups is 1. The lowest BCUT2D eigenvalue weighted by Gasteiger charge is -2.29. The Morgan fingerprint density at radius 2 is 0.912 bits per heavy atom. The van der Waals surface area contributed by atoms with E-state index in [0.29, 0.717) is 17.4 Å². The van der Waals surface area contributed by atoms with Crippen LogP contribution in [0, 0.1) is 0 Å². The number of aliphatic hydroxyl groups is 1. The Morgan fingerprint density at radius 1 is 0.529 bits per heavy atom. The van der Waals surface area contributed by atoms with Gasteiger partial charge in [0.05, 0.1) is 39.9 Å². The first-order valence-electron chi connectivity index (χ1n) is 27.9. The molecule has 0 aliphatic carbocycles. The zero-order valence-corrected chi connectivity index (χ0v) is 45.7. The highest BCUT2D eigenvalue weighted by Gasteiger charge is 2.23. The van der Waals surface area contributed by atoms with E-state index in [-0.39, 0.29) is 12.5 Å². The number of carbonyl (C=O) groups is 1. The first kappa shape index (κ1) is 65.7. The van der Waals surface area contributed by atoms with E-state index in [1.54, 1.807) is 6.08 Å². The van der Waals surface area contributed by atoms with Crippen LogP contribution in [-0.4, -0.2) is 68.5 Å². The van der Waals surface area contributed by atoms with Crippen LogP contribution < -0.4 is 10.2 Å². The third kappa shape index (κ3) is 51.5. The Morgan fingerprint density at radius 3 is 1.37 bits per heavy atom. The number of phosphoric ester groups is 1. The second kappa shape index (κ2) is 49.7. The van der Waals surface area contributed by atoms with Crippen molar-refractivity contribution in [2.24, 2.45) is 0 Å². The first-order chi connectivity index (χ1) is 33.0. The van der Waals surface area contributed by atoms with Crippen molar-refractivity contribution in [2.45, 2.75) is 244 Å². The summed E-state index contributed by atoms with van der Waals surface area (Å²) in [7, 11) is 1.23. The highest BCUT2D eigenvalue weighted by Crippen LogP contribution is 2.38. The molecule has 0 saturated heterocycles. The SMILES string of the molecule is CC/C=C\C/C=C\C/C=C\C/C=C\CCCCCCCCCCCCCCCCCCCCCCC(=O)NC(COP(=O)([O-])OCC[N+](C)(C)C)C(O)/C=C/CC/C=C/CC/C=C/CCCCC. The maximum atomic E-state index is 12.9. The number of carbonyl (C=O) groups excluding carboxylic acids is 1. The van der Waals surface area contributed by atoms with Gasteiger partial charge in [-0.05, 0) is 83.5 Å². The summed E-state index contributed by atoms with van der Waals surface area (Å²) in [5.74, 6) is -0.213. The fraction of sp³-hybridized carbons (Fsp3) is 0.746. The van der Waals surface area contributed by atoms with Gasteiger partial charge in [0, 0.05) is 6.42 Å². The van der Waals surface area contributed by atoms with E-state index in [2.05, 4.69) is 92.1 Å². The molecular weight excluding hydrogens is 864 g/mol. The van der Waals surface area contributed by atoms with Gasteiger partial charge < -0.3 is 28.8 Å². The standard InChI is InChI=1S/C59H107N2O6P/c1-6-8-10-12-14-16-18-20-21-22-23-24-25-26-27-28-29-30-31-32-33-34-35-36-37-38-39-41-43-45-47-49-51-53-59(63)60-57(56-67-68(64,65)66-55-54-61(3,4)5)58(62)52-50-48-46-44-42-40-19-17-15-13-11-9-7-2/h8,10,14-17,20-21,23-24,42,44,50,52,57-58,62H,6-7,9,11-13,18-19,22,25-41,43,45-49,51,53-56H2,1-5H3,(H-,60,63,64,65)/b10-8-,16-14-,17-15+,21-20-,24-23-,44-42+,52-50+. The fourth-order valence-corrected chi connectivity index (χ4v) is 8.43. The van der Waals surface area contributed by atoms with Crippen molar-refractivity contribution in [3.8, 4) is 0 Å². The van der Waals surface area contributed by atoms with Crippen molar-refractivity contribution in [3.63, 3.8) is 0 Å². The van der Waals surface area contributed by atoms with Gasteiger partial charge >= 0.3 is 0 Å². The van der Waals surface area contributed by atoms with E-state index in [9.17, 15) is 19.4 Å². The van der Waals surface area contributed by atoms with Crippen LogP contribution in [0.4, 0.5) is 0 Å². The molecule has 0 bridgehead atoms. The van der Waals surface area contributed by atoms with Crippen LogP contribution in [-0.2, 0) is 18.4 Å². The Balaban J connectivity index is 4.05. The normalized spacial score (nSPS) is 14.6. The van der Waals surface area contributed by atoms with Crippen LogP contribution in [0.2, 0.25) is 0 Å². The molecule has 3 unspecified atom stereocenters. The third-order valence-electron chi connectivity index (χ3n) is 12.1. The average Bonchev–Trinajstić information content (AvgIpc) is 3.30. The molecule has 2 N–H and O–H groups in total. The quantitative estimate of drug-likeness (QED) is 0.0272. The maximum absolute atomic E-state index is 12.9. The number of amides is 1. The van der Waals surface area contributed by atoms with Gasteiger partial charge in [0.25, 0.3) is 7.82 Å². The molecular formula is C59H107N2O6P. The fourth-order valence-electron chi connectivity index (χ4n) is 7.71. The molecule has 8 nitrogen and oxygen atoms in total. The lowest BCUT2D eigenvalue weighted by Crippen LogP contribution is -2.45. The molecule has 0 rings (SSSR count). The van der Waals surface area contributed by atoms with Gasteiger partial charge in [0.1, 0.15) is 13.2 Å². The number of nitrogens with one attached hydrogen (secondary N) is 1. The van der Waals surface area contributed by atoms with E-state index in [4.69, 9.17) is 9.05 Å². The second-order valence-corrected chi connectivity index (χ2v) is 21.3. The van der Waals surface area contributed by atoms with Crippen molar-refractivity contribution in [1.29, 1.82) is 0 Å². The number of allylic oxidation sites excluding steroid dienone is 13. The molecule has 0 aliphatic rings. The highest BCUT2D eigenvalue weighted by atomic mass is 31.2.